The van der Waals surface area contributed by atoms with Gasteiger partial charge >= 0.3 is 0 Å². The SMILES string of the molecule is O=C1NC2(CNC2)Cc2[nH]c3c(c21)CCc1cnc(-c2cccc(Br)c2)nc1-3. The molecule has 2 aromatic heterocycles. The molecule has 0 radical (unpaired) electrons. The van der Waals surface area contributed by atoms with Crippen LogP contribution in [0.5, 0.6) is 0 Å². The van der Waals surface area contributed by atoms with E-state index in [-0.39, 0.29) is 11.4 Å². The zero-order valence-corrected chi connectivity index (χ0v) is 16.7. The van der Waals surface area contributed by atoms with Gasteiger partial charge in [0, 0.05) is 41.4 Å². The molecule has 1 aliphatic carbocycles. The molecule has 3 N–H and O–H groups in total. The molecule has 3 aromatic rings. The molecule has 1 saturated heterocycles. The van der Waals surface area contributed by atoms with Crippen LogP contribution in [0, 0.1) is 0 Å². The van der Waals surface area contributed by atoms with Gasteiger partial charge in [-0.25, -0.2) is 9.97 Å². The van der Waals surface area contributed by atoms with E-state index in [2.05, 4.69) is 36.5 Å². The first-order chi connectivity index (χ1) is 13.6. The van der Waals surface area contributed by atoms with Gasteiger partial charge in [-0.2, -0.15) is 0 Å². The first kappa shape index (κ1) is 16.4. The van der Waals surface area contributed by atoms with Crippen LogP contribution in [-0.2, 0) is 19.3 Å². The van der Waals surface area contributed by atoms with E-state index in [1.54, 1.807) is 0 Å². The number of nitrogens with zero attached hydrogens (tertiary/aromatic N) is 2. The predicted molar refractivity (Wildman–Crippen MR) is 109 cm³/mol. The number of rotatable bonds is 1. The van der Waals surface area contributed by atoms with Crippen LogP contribution in [0.4, 0.5) is 0 Å². The lowest BCUT2D eigenvalue weighted by Crippen LogP contribution is -2.71. The van der Waals surface area contributed by atoms with Crippen molar-refractivity contribution in [2.75, 3.05) is 13.1 Å². The van der Waals surface area contributed by atoms with Crippen LogP contribution in [-0.4, -0.2) is 39.5 Å². The third kappa shape index (κ3) is 2.32. The van der Waals surface area contributed by atoms with Gasteiger partial charge in [-0.1, -0.05) is 28.1 Å². The van der Waals surface area contributed by atoms with Gasteiger partial charge in [0.25, 0.3) is 5.91 Å². The average Bonchev–Trinajstić information content (AvgIpc) is 3.05. The van der Waals surface area contributed by atoms with Crippen LogP contribution < -0.4 is 10.6 Å². The Balaban J connectivity index is 1.48. The van der Waals surface area contributed by atoms with Gasteiger partial charge in [-0.05, 0) is 36.1 Å². The molecule has 0 saturated carbocycles. The van der Waals surface area contributed by atoms with Gasteiger partial charge in [-0.3, -0.25) is 4.79 Å². The van der Waals surface area contributed by atoms with Crippen LogP contribution in [0.15, 0.2) is 34.9 Å². The maximum atomic E-state index is 12.9. The maximum absolute atomic E-state index is 12.9. The van der Waals surface area contributed by atoms with E-state index in [4.69, 9.17) is 4.98 Å². The number of nitrogens with one attached hydrogen (secondary N) is 3. The number of fused-ring (bicyclic) bond motifs is 5. The second-order valence-electron chi connectivity index (χ2n) is 7.92. The topological polar surface area (TPSA) is 82.7 Å². The van der Waals surface area contributed by atoms with Crippen molar-refractivity contribution in [1.29, 1.82) is 0 Å². The number of aryl methyl sites for hydroxylation is 1. The summed E-state index contributed by atoms with van der Waals surface area (Å²) in [5.41, 5.74) is 6.86. The van der Waals surface area contributed by atoms with Gasteiger partial charge in [-0.15, -0.1) is 0 Å². The van der Waals surface area contributed by atoms with Crippen molar-refractivity contribution in [2.45, 2.75) is 24.8 Å². The molecule has 6 rings (SSSR count). The quantitative estimate of drug-likeness (QED) is 0.548. The fourth-order valence-electron chi connectivity index (χ4n) is 4.61. The summed E-state index contributed by atoms with van der Waals surface area (Å²) >= 11 is 3.52. The van der Waals surface area contributed by atoms with Crippen molar-refractivity contribution in [3.05, 3.63) is 57.3 Å². The third-order valence-corrected chi connectivity index (χ3v) is 6.55. The Kier molecular flexibility index (Phi) is 3.38. The molecule has 0 bridgehead atoms. The Morgan fingerprint density at radius 2 is 2.07 bits per heavy atom. The molecule has 28 heavy (non-hydrogen) atoms. The molecule has 4 heterocycles. The Morgan fingerprint density at radius 1 is 1.18 bits per heavy atom. The molecule has 1 spiro atoms. The molecule has 3 aliphatic rings. The number of amides is 1. The van der Waals surface area contributed by atoms with Crippen LogP contribution in [0.1, 0.15) is 27.2 Å². The molecule has 1 fully saturated rings. The van der Waals surface area contributed by atoms with E-state index in [1.165, 1.54) is 0 Å². The number of carbonyl (C=O) groups excluding carboxylic acids is 1. The molecule has 6 nitrogen and oxygen atoms in total. The lowest BCUT2D eigenvalue weighted by Gasteiger charge is -2.45. The second-order valence-corrected chi connectivity index (χ2v) is 8.84. The largest absolute Gasteiger partial charge is 0.356 e. The van der Waals surface area contributed by atoms with E-state index in [0.29, 0.717) is 5.82 Å². The van der Waals surface area contributed by atoms with Crippen LogP contribution >= 0.6 is 15.9 Å². The number of aromatic nitrogens is 3. The highest BCUT2D eigenvalue weighted by Crippen LogP contribution is 2.39. The Morgan fingerprint density at radius 3 is 2.86 bits per heavy atom. The molecule has 2 aliphatic heterocycles. The summed E-state index contributed by atoms with van der Waals surface area (Å²) in [5.74, 6) is 0.745. The highest BCUT2D eigenvalue weighted by atomic mass is 79.9. The van der Waals surface area contributed by atoms with Crippen molar-refractivity contribution in [2.24, 2.45) is 0 Å². The van der Waals surface area contributed by atoms with Gasteiger partial charge in [0.1, 0.15) is 0 Å². The second kappa shape index (κ2) is 5.75. The van der Waals surface area contributed by atoms with Crippen LogP contribution in [0.2, 0.25) is 0 Å². The number of halogens is 1. The van der Waals surface area contributed by atoms with Crippen molar-refractivity contribution < 1.29 is 4.79 Å². The molecule has 7 heteroatoms. The third-order valence-electron chi connectivity index (χ3n) is 6.06. The fourth-order valence-corrected chi connectivity index (χ4v) is 5.01. The standard InChI is InChI=1S/C21H18BrN5O/c22-13-3-1-2-11(6-13)19-24-8-12-4-5-14-16-15(25-18(14)17(12)26-19)7-21(9-23-10-21)27-20(16)28/h1-3,6,8,23,25H,4-5,7,9-10H2,(H,27,28). The van der Waals surface area contributed by atoms with E-state index < -0.39 is 0 Å². The number of benzene rings is 1. The summed E-state index contributed by atoms with van der Waals surface area (Å²) in [6.07, 6.45) is 4.46. The lowest BCUT2D eigenvalue weighted by atomic mass is 9.81. The Bertz CT molecular complexity index is 1150. The number of carbonyl (C=O) groups is 1. The normalized spacial score (nSPS) is 18.7. The van der Waals surface area contributed by atoms with Gasteiger partial charge < -0.3 is 15.6 Å². The highest BCUT2D eigenvalue weighted by Gasteiger charge is 2.45. The molecule has 0 atom stereocenters. The Hall–Kier alpha value is -2.51. The fraction of sp³-hybridized carbons (Fsp3) is 0.286. The lowest BCUT2D eigenvalue weighted by molar-refractivity contribution is 0.0826. The summed E-state index contributed by atoms with van der Waals surface area (Å²) in [6, 6.07) is 8.00. The van der Waals surface area contributed by atoms with Gasteiger partial charge in [0.15, 0.2) is 5.82 Å². The minimum atomic E-state index is -0.131. The van der Waals surface area contributed by atoms with Gasteiger partial charge in [0.2, 0.25) is 0 Å². The van der Waals surface area contributed by atoms with E-state index >= 15 is 0 Å². The summed E-state index contributed by atoms with van der Waals surface area (Å²) < 4.78 is 0.999. The highest BCUT2D eigenvalue weighted by molar-refractivity contribution is 9.10. The number of hydrogen-bond acceptors (Lipinski definition) is 4. The monoisotopic (exact) mass is 435 g/mol. The maximum Gasteiger partial charge on any atom is 0.253 e. The summed E-state index contributed by atoms with van der Waals surface area (Å²) in [6.45, 7) is 1.65. The number of aromatic amines is 1. The van der Waals surface area contributed by atoms with E-state index in [1.807, 2.05) is 30.5 Å². The minimum Gasteiger partial charge on any atom is -0.356 e. The average molecular weight is 436 g/mol. The molecule has 1 amide bonds. The molecular weight excluding hydrogens is 418 g/mol. The molecular formula is C21H18BrN5O. The molecule has 140 valence electrons. The van der Waals surface area contributed by atoms with Crippen molar-refractivity contribution in [1.82, 2.24) is 25.6 Å². The van der Waals surface area contributed by atoms with Crippen LogP contribution in [0.25, 0.3) is 22.8 Å². The Labute approximate surface area is 170 Å². The van der Waals surface area contributed by atoms with Gasteiger partial charge in [0.05, 0.1) is 22.5 Å². The first-order valence-electron chi connectivity index (χ1n) is 9.51. The predicted octanol–water partition coefficient (Wildman–Crippen LogP) is 2.63. The summed E-state index contributed by atoms with van der Waals surface area (Å²) in [4.78, 5) is 25.9. The zero-order valence-electron chi connectivity index (χ0n) is 15.1. The van der Waals surface area contributed by atoms with Crippen LogP contribution in [0.3, 0.4) is 0 Å². The summed E-state index contributed by atoms with van der Waals surface area (Å²) in [7, 11) is 0. The van der Waals surface area contributed by atoms with Crippen molar-refractivity contribution in [3.8, 4) is 22.8 Å². The minimum absolute atomic E-state index is 0.0463. The molecule has 0 unspecified atom stereocenters. The number of hydrogen-bond donors (Lipinski definition) is 3. The first-order valence-corrected chi connectivity index (χ1v) is 10.3. The molecule has 1 aromatic carbocycles. The number of H-pyrrole nitrogens is 1. The summed E-state index contributed by atoms with van der Waals surface area (Å²) in [5, 5.41) is 6.51. The smallest absolute Gasteiger partial charge is 0.253 e. The van der Waals surface area contributed by atoms with E-state index in [0.717, 1.165) is 76.2 Å². The van der Waals surface area contributed by atoms with Crippen molar-refractivity contribution in [3.63, 3.8) is 0 Å². The zero-order chi connectivity index (χ0) is 18.9. The van der Waals surface area contributed by atoms with Crippen molar-refractivity contribution >= 4 is 21.8 Å². The van der Waals surface area contributed by atoms with E-state index in [9.17, 15) is 4.79 Å².